The van der Waals surface area contributed by atoms with Crippen LogP contribution in [0.3, 0.4) is 0 Å². The molecule has 0 aromatic heterocycles. The van der Waals surface area contributed by atoms with Crippen molar-refractivity contribution in [1.82, 2.24) is 0 Å². The van der Waals surface area contributed by atoms with Gasteiger partial charge in [0.15, 0.2) is 0 Å². The number of rotatable bonds is 5. The number of aliphatic hydroxyl groups excluding tert-OH is 1. The van der Waals surface area contributed by atoms with Gasteiger partial charge in [-0.1, -0.05) is 26.7 Å². The van der Waals surface area contributed by atoms with Crippen molar-refractivity contribution in [2.45, 2.75) is 57.3 Å². The molecule has 1 aliphatic carbocycles. The predicted octanol–water partition coefficient (Wildman–Crippen LogP) is 3.07. The van der Waals surface area contributed by atoms with Crippen LogP contribution in [0.1, 0.15) is 46.0 Å². The van der Waals surface area contributed by atoms with Crippen LogP contribution in [-0.4, -0.2) is 22.2 Å². The normalized spacial score (nSPS) is 21.2. The van der Waals surface area contributed by atoms with Crippen molar-refractivity contribution < 1.29 is 5.11 Å². The van der Waals surface area contributed by atoms with E-state index in [4.69, 9.17) is 0 Å². The van der Waals surface area contributed by atoms with Crippen molar-refractivity contribution in [2.24, 2.45) is 5.92 Å². The summed E-state index contributed by atoms with van der Waals surface area (Å²) in [7, 11) is 0. The summed E-state index contributed by atoms with van der Waals surface area (Å²) in [6.07, 6.45) is 6.43. The Bertz CT molecular complexity index is 130. The molecule has 1 saturated carbocycles. The molecule has 1 fully saturated rings. The van der Waals surface area contributed by atoms with Crippen LogP contribution in [0.2, 0.25) is 0 Å². The molecule has 78 valence electrons. The first-order valence-electron chi connectivity index (χ1n) is 5.48. The molecule has 1 nitrogen and oxygen atoms in total. The maximum atomic E-state index is 9.66. The summed E-state index contributed by atoms with van der Waals surface area (Å²) < 4.78 is 0. The molecular weight excluding hydrogens is 180 g/mol. The maximum Gasteiger partial charge on any atom is 0.0633 e. The lowest BCUT2D eigenvalue weighted by atomic mass is 10.1. The Morgan fingerprint density at radius 1 is 1.31 bits per heavy atom. The monoisotopic (exact) mass is 202 g/mol. The zero-order chi connectivity index (χ0) is 9.68. The molecular formula is C11H22OS. The van der Waals surface area contributed by atoms with Crippen molar-refractivity contribution in [3.8, 4) is 0 Å². The third kappa shape index (κ3) is 4.92. The van der Waals surface area contributed by atoms with Gasteiger partial charge in [-0.3, -0.25) is 0 Å². The van der Waals surface area contributed by atoms with Crippen LogP contribution < -0.4 is 0 Å². The van der Waals surface area contributed by atoms with Gasteiger partial charge in [-0.05, 0) is 25.2 Å². The van der Waals surface area contributed by atoms with E-state index in [0.29, 0.717) is 5.92 Å². The third-order valence-corrected chi connectivity index (χ3v) is 4.09. The molecule has 0 spiro atoms. The van der Waals surface area contributed by atoms with Crippen LogP contribution >= 0.6 is 11.8 Å². The summed E-state index contributed by atoms with van der Waals surface area (Å²) in [5.41, 5.74) is 0. The molecule has 2 heteroatoms. The molecule has 0 aromatic rings. The molecule has 13 heavy (non-hydrogen) atoms. The van der Waals surface area contributed by atoms with Gasteiger partial charge in [0.2, 0.25) is 0 Å². The van der Waals surface area contributed by atoms with Crippen LogP contribution in [0.4, 0.5) is 0 Å². The largest absolute Gasteiger partial charge is 0.392 e. The summed E-state index contributed by atoms with van der Waals surface area (Å²) in [6.45, 7) is 4.34. The van der Waals surface area contributed by atoms with Gasteiger partial charge in [0.25, 0.3) is 0 Å². The SMILES string of the molecule is CC(C)CC(O)CSC1CCCC1. The van der Waals surface area contributed by atoms with E-state index in [2.05, 4.69) is 13.8 Å². The number of aliphatic hydroxyl groups is 1. The highest BCUT2D eigenvalue weighted by molar-refractivity contribution is 7.99. The van der Waals surface area contributed by atoms with Gasteiger partial charge in [-0.2, -0.15) is 11.8 Å². The number of hydrogen-bond acceptors (Lipinski definition) is 2. The molecule has 0 bridgehead atoms. The van der Waals surface area contributed by atoms with E-state index >= 15 is 0 Å². The Hall–Kier alpha value is 0.310. The molecule has 0 heterocycles. The minimum atomic E-state index is -0.0781. The molecule has 1 atom stereocenters. The minimum absolute atomic E-state index is 0.0781. The van der Waals surface area contributed by atoms with E-state index in [1.807, 2.05) is 11.8 Å². The molecule has 1 rings (SSSR count). The molecule has 1 unspecified atom stereocenters. The van der Waals surface area contributed by atoms with Crippen LogP contribution in [-0.2, 0) is 0 Å². The van der Waals surface area contributed by atoms with E-state index in [1.165, 1.54) is 25.7 Å². The minimum Gasteiger partial charge on any atom is -0.392 e. The summed E-state index contributed by atoms with van der Waals surface area (Å²) in [6, 6.07) is 0. The molecule has 1 N–H and O–H groups in total. The average molecular weight is 202 g/mol. The molecule has 0 aliphatic heterocycles. The van der Waals surface area contributed by atoms with Gasteiger partial charge in [-0.25, -0.2) is 0 Å². The smallest absolute Gasteiger partial charge is 0.0633 e. The first kappa shape index (κ1) is 11.4. The molecule has 0 saturated heterocycles. The fourth-order valence-electron chi connectivity index (χ4n) is 1.91. The van der Waals surface area contributed by atoms with E-state index in [-0.39, 0.29) is 6.10 Å². The zero-order valence-electron chi connectivity index (χ0n) is 8.83. The molecule has 0 aromatic carbocycles. The zero-order valence-corrected chi connectivity index (χ0v) is 9.65. The van der Waals surface area contributed by atoms with Crippen molar-refractivity contribution in [3.63, 3.8) is 0 Å². The van der Waals surface area contributed by atoms with Crippen LogP contribution in [0.5, 0.6) is 0 Å². The number of thioether (sulfide) groups is 1. The summed E-state index contributed by atoms with van der Waals surface area (Å²) >= 11 is 1.98. The van der Waals surface area contributed by atoms with Gasteiger partial charge in [-0.15, -0.1) is 0 Å². The van der Waals surface area contributed by atoms with Gasteiger partial charge < -0.3 is 5.11 Å². The predicted molar refractivity (Wildman–Crippen MR) is 60.2 cm³/mol. The molecule has 1 aliphatic rings. The highest BCUT2D eigenvalue weighted by atomic mass is 32.2. The summed E-state index contributed by atoms with van der Waals surface area (Å²) in [5.74, 6) is 1.57. The lowest BCUT2D eigenvalue weighted by molar-refractivity contribution is 0.172. The topological polar surface area (TPSA) is 20.2 Å². The Morgan fingerprint density at radius 2 is 1.92 bits per heavy atom. The van der Waals surface area contributed by atoms with Crippen molar-refractivity contribution in [1.29, 1.82) is 0 Å². The van der Waals surface area contributed by atoms with Gasteiger partial charge in [0.05, 0.1) is 6.10 Å². The van der Waals surface area contributed by atoms with E-state index in [0.717, 1.165) is 17.4 Å². The first-order valence-corrected chi connectivity index (χ1v) is 6.53. The van der Waals surface area contributed by atoms with Crippen molar-refractivity contribution in [3.05, 3.63) is 0 Å². The standard InChI is InChI=1S/C11H22OS/c1-9(2)7-10(12)8-13-11-5-3-4-6-11/h9-12H,3-8H2,1-2H3. The van der Waals surface area contributed by atoms with Crippen molar-refractivity contribution >= 4 is 11.8 Å². The Labute approximate surface area is 86.3 Å². The second-order valence-corrected chi connectivity index (χ2v) is 5.86. The third-order valence-electron chi connectivity index (χ3n) is 2.57. The van der Waals surface area contributed by atoms with Crippen molar-refractivity contribution in [2.75, 3.05) is 5.75 Å². The van der Waals surface area contributed by atoms with E-state index in [1.54, 1.807) is 0 Å². The molecule has 0 amide bonds. The fourth-order valence-corrected chi connectivity index (χ4v) is 3.21. The maximum absolute atomic E-state index is 9.66. The van der Waals surface area contributed by atoms with E-state index < -0.39 is 0 Å². The second-order valence-electron chi connectivity index (χ2n) is 4.52. The van der Waals surface area contributed by atoms with Crippen LogP contribution in [0, 0.1) is 5.92 Å². The van der Waals surface area contributed by atoms with Gasteiger partial charge in [0, 0.05) is 11.0 Å². The highest BCUT2D eigenvalue weighted by Gasteiger charge is 2.17. The quantitative estimate of drug-likeness (QED) is 0.739. The highest BCUT2D eigenvalue weighted by Crippen LogP contribution is 2.30. The Morgan fingerprint density at radius 3 is 2.46 bits per heavy atom. The van der Waals surface area contributed by atoms with Crippen LogP contribution in [0.25, 0.3) is 0 Å². The lowest BCUT2D eigenvalue weighted by Crippen LogP contribution is -2.14. The molecule has 0 radical (unpaired) electrons. The Kier molecular flexibility index (Phi) is 5.18. The fraction of sp³-hybridized carbons (Fsp3) is 1.00. The second kappa shape index (κ2) is 5.92. The van der Waals surface area contributed by atoms with Crippen LogP contribution in [0.15, 0.2) is 0 Å². The summed E-state index contributed by atoms with van der Waals surface area (Å²) in [5, 5.41) is 10.5. The van der Waals surface area contributed by atoms with Gasteiger partial charge >= 0.3 is 0 Å². The first-order chi connectivity index (χ1) is 6.18. The summed E-state index contributed by atoms with van der Waals surface area (Å²) in [4.78, 5) is 0. The average Bonchev–Trinajstić information content (AvgIpc) is 2.51. The Balaban J connectivity index is 2.03. The van der Waals surface area contributed by atoms with Gasteiger partial charge in [0.1, 0.15) is 0 Å². The number of hydrogen-bond donors (Lipinski definition) is 1. The van der Waals surface area contributed by atoms with E-state index in [9.17, 15) is 5.11 Å². The lowest BCUT2D eigenvalue weighted by Gasteiger charge is -2.15.